The highest BCUT2D eigenvalue weighted by Crippen LogP contribution is 2.30. The molecule has 1 aliphatic heterocycles. The van der Waals surface area contributed by atoms with Gasteiger partial charge in [-0.25, -0.2) is 9.78 Å². The highest BCUT2D eigenvalue weighted by atomic mass is 16.4. The van der Waals surface area contributed by atoms with Gasteiger partial charge in [0.25, 0.3) is 0 Å². The highest BCUT2D eigenvalue weighted by Gasteiger charge is 2.22. The Labute approximate surface area is 123 Å². The number of aryl methyl sites for hydroxylation is 1. The van der Waals surface area contributed by atoms with E-state index in [1.165, 1.54) is 0 Å². The first-order valence-corrected chi connectivity index (χ1v) is 7.31. The first-order valence-electron chi connectivity index (χ1n) is 7.31. The molecule has 1 N–H and O–H groups in total. The monoisotopic (exact) mass is 285 g/mol. The SMILES string of the molecule is CCn1ccnc1CN1CCCc2c(C(=O)O)cccc21. The van der Waals surface area contributed by atoms with Crippen LogP contribution in [0.3, 0.4) is 0 Å². The van der Waals surface area contributed by atoms with E-state index in [0.29, 0.717) is 5.56 Å². The van der Waals surface area contributed by atoms with Crippen LogP contribution in [0.2, 0.25) is 0 Å². The third kappa shape index (κ3) is 2.51. The summed E-state index contributed by atoms with van der Waals surface area (Å²) in [7, 11) is 0. The van der Waals surface area contributed by atoms with Crippen LogP contribution < -0.4 is 4.90 Å². The average molecular weight is 285 g/mol. The topological polar surface area (TPSA) is 58.4 Å². The molecule has 2 aromatic rings. The van der Waals surface area contributed by atoms with Gasteiger partial charge in [-0.15, -0.1) is 0 Å². The number of nitrogens with zero attached hydrogens (tertiary/aromatic N) is 3. The Balaban J connectivity index is 1.94. The summed E-state index contributed by atoms with van der Waals surface area (Å²) in [4.78, 5) is 18.0. The lowest BCUT2D eigenvalue weighted by molar-refractivity contribution is 0.0695. The van der Waals surface area contributed by atoms with E-state index < -0.39 is 5.97 Å². The van der Waals surface area contributed by atoms with Crippen LogP contribution in [0.1, 0.15) is 35.1 Å². The first kappa shape index (κ1) is 13.7. The van der Waals surface area contributed by atoms with E-state index in [1.807, 2.05) is 24.5 Å². The van der Waals surface area contributed by atoms with Gasteiger partial charge < -0.3 is 14.6 Å². The maximum Gasteiger partial charge on any atom is 0.336 e. The Kier molecular flexibility index (Phi) is 3.64. The van der Waals surface area contributed by atoms with Gasteiger partial charge in [-0.2, -0.15) is 0 Å². The zero-order valence-electron chi connectivity index (χ0n) is 12.1. The van der Waals surface area contributed by atoms with Crippen LogP contribution in [0.5, 0.6) is 0 Å². The molecule has 1 aromatic heterocycles. The molecule has 21 heavy (non-hydrogen) atoms. The minimum Gasteiger partial charge on any atom is -0.478 e. The molecule has 0 atom stereocenters. The van der Waals surface area contributed by atoms with Gasteiger partial charge in [-0.1, -0.05) is 6.07 Å². The van der Waals surface area contributed by atoms with Crippen LogP contribution in [-0.4, -0.2) is 27.2 Å². The van der Waals surface area contributed by atoms with Crippen LogP contribution in [-0.2, 0) is 19.5 Å². The van der Waals surface area contributed by atoms with Gasteiger partial charge in [-0.3, -0.25) is 0 Å². The smallest absolute Gasteiger partial charge is 0.336 e. The Morgan fingerprint density at radius 3 is 3.05 bits per heavy atom. The molecule has 0 saturated carbocycles. The zero-order chi connectivity index (χ0) is 14.8. The molecule has 0 saturated heterocycles. The lowest BCUT2D eigenvalue weighted by atomic mass is 9.96. The van der Waals surface area contributed by atoms with Crippen molar-refractivity contribution in [3.05, 3.63) is 47.5 Å². The van der Waals surface area contributed by atoms with E-state index in [4.69, 9.17) is 0 Å². The van der Waals surface area contributed by atoms with Crippen molar-refractivity contribution in [2.45, 2.75) is 32.9 Å². The molecule has 0 spiro atoms. The van der Waals surface area contributed by atoms with E-state index >= 15 is 0 Å². The van der Waals surface area contributed by atoms with Gasteiger partial charge >= 0.3 is 5.97 Å². The summed E-state index contributed by atoms with van der Waals surface area (Å²) in [6.45, 7) is 4.65. The maximum atomic E-state index is 11.4. The number of hydrogen-bond donors (Lipinski definition) is 1. The molecule has 0 unspecified atom stereocenters. The Morgan fingerprint density at radius 2 is 2.29 bits per heavy atom. The normalized spacial score (nSPS) is 14.0. The molecule has 110 valence electrons. The molecular formula is C16H19N3O2. The number of imidazole rings is 1. The summed E-state index contributed by atoms with van der Waals surface area (Å²) < 4.78 is 2.12. The summed E-state index contributed by atoms with van der Waals surface area (Å²) in [5.74, 6) is 0.176. The second kappa shape index (κ2) is 5.60. The molecule has 5 nitrogen and oxygen atoms in total. The number of carboxylic acid groups (broad SMARTS) is 1. The number of carbonyl (C=O) groups is 1. The minimum absolute atomic E-state index is 0.427. The van der Waals surface area contributed by atoms with Crippen molar-refractivity contribution in [2.24, 2.45) is 0 Å². The summed E-state index contributed by atoms with van der Waals surface area (Å²) in [6.07, 6.45) is 5.60. The van der Waals surface area contributed by atoms with E-state index in [2.05, 4.69) is 21.4 Å². The van der Waals surface area contributed by atoms with Crippen molar-refractivity contribution in [3.8, 4) is 0 Å². The molecule has 2 heterocycles. The zero-order valence-corrected chi connectivity index (χ0v) is 12.1. The van der Waals surface area contributed by atoms with E-state index in [-0.39, 0.29) is 0 Å². The lowest BCUT2D eigenvalue weighted by Gasteiger charge is -2.31. The number of rotatable bonds is 4. The van der Waals surface area contributed by atoms with Gasteiger partial charge in [0.05, 0.1) is 12.1 Å². The third-order valence-electron chi connectivity index (χ3n) is 4.05. The first-order chi connectivity index (χ1) is 10.2. The van der Waals surface area contributed by atoms with Crippen molar-refractivity contribution in [1.82, 2.24) is 9.55 Å². The van der Waals surface area contributed by atoms with Crippen LogP contribution >= 0.6 is 0 Å². The quantitative estimate of drug-likeness (QED) is 0.938. The van der Waals surface area contributed by atoms with E-state index in [9.17, 15) is 9.90 Å². The second-order valence-electron chi connectivity index (χ2n) is 5.26. The van der Waals surface area contributed by atoms with Gasteiger partial charge in [-0.05, 0) is 37.5 Å². The van der Waals surface area contributed by atoms with E-state index in [1.54, 1.807) is 6.07 Å². The maximum absolute atomic E-state index is 11.4. The van der Waals surface area contributed by atoms with Crippen molar-refractivity contribution in [2.75, 3.05) is 11.4 Å². The molecule has 0 fully saturated rings. The van der Waals surface area contributed by atoms with Crippen LogP contribution in [0.4, 0.5) is 5.69 Å². The summed E-state index contributed by atoms with van der Waals surface area (Å²) in [5.41, 5.74) is 2.41. The summed E-state index contributed by atoms with van der Waals surface area (Å²) >= 11 is 0. The number of fused-ring (bicyclic) bond motifs is 1. The molecule has 5 heteroatoms. The third-order valence-corrected chi connectivity index (χ3v) is 4.05. The molecule has 0 aliphatic carbocycles. The fraction of sp³-hybridized carbons (Fsp3) is 0.375. The predicted molar refractivity (Wildman–Crippen MR) is 80.7 cm³/mol. The van der Waals surface area contributed by atoms with Crippen LogP contribution in [0, 0.1) is 0 Å². The summed E-state index contributed by atoms with van der Waals surface area (Å²) in [5, 5.41) is 9.33. The fourth-order valence-corrected chi connectivity index (χ4v) is 3.02. The number of aromatic carboxylic acids is 1. The largest absolute Gasteiger partial charge is 0.478 e. The molecule has 3 rings (SSSR count). The molecule has 0 bridgehead atoms. The number of aromatic nitrogens is 2. The molecule has 1 aromatic carbocycles. The number of benzene rings is 1. The molecule has 0 amide bonds. The van der Waals surface area contributed by atoms with E-state index in [0.717, 1.165) is 49.6 Å². The van der Waals surface area contributed by atoms with Gasteiger partial charge in [0.2, 0.25) is 0 Å². The number of hydrogen-bond acceptors (Lipinski definition) is 3. The fourth-order valence-electron chi connectivity index (χ4n) is 3.02. The van der Waals surface area contributed by atoms with Gasteiger partial charge in [0.15, 0.2) is 0 Å². The predicted octanol–water partition coefficient (Wildman–Crippen LogP) is 2.55. The van der Waals surface area contributed by atoms with Crippen LogP contribution in [0.25, 0.3) is 0 Å². The molecule has 0 radical (unpaired) electrons. The highest BCUT2D eigenvalue weighted by molar-refractivity contribution is 5.91. The molecule has 1 aliphatic rings. The van der Waals surface area contributed by atoms with Crippen molar-refractivity contribution < 1.29 is 9.90 Å². The lowest BCUT2D eigenvalue weighted by Crippen LogP contribution is -2.31. The average Bonchev–Trinajstić information content (AvgIpc) is 2.94. The van der Waals surface area contributed by atoms with Crippen LogP contribution in [0.15, 0.2) is 30.6 Å². The summed E-state index contributed by atoms with van der Waals surface area (Å²) in [6, 6.07) is 5.53. The standard InChI is InChI=1S/C16H19N3O2/c1-2-18-10-8-17-15(18)11-19-9-4-6-12-13(16(20)21)5-3-7-14(12)19/h3,5,7-8,10H,2,4,6,9,11H2,1H3,(H,20,21). The van der Waals surface area contributed by atoms with Crippen molar-refractivity contribution in [1.29, 1.82) is 0 Å². The van der Waals surface area contributed by atoms with Gasteiger partial charge in [0, 0.05) is 31.2 Å². The molecular weight excluding hydrogens is 266 g/mol. The Morgan fingerprint density at radius 1 is 1.43 bits per heavy atom. The number of carboxylic acids is 1. The van der Waals surface area contributed by atoms with Crippen molar-refractivity contribution >= 4 is 11.7 Å². The Bertz CT molecular complexity index is 663. The second-order valence-corrected chi connectivity index (χ2v) is 5.26. The van der Waals surface area contributed by atoms with Crippen molar-refractivity contribution in [3.63, 3.8) is 0 Å². The Hall–Kier alpha value is -2.30. The van der Waals surface area contributed by atoms with Gasteiger partial charge in [0.1, 0.15) is 5.82 Å². The minimum atomic E-state index is -0.844. The number of anilines is 1.